The van der Waals surface area contributed by atoms with Gasteiger partial charge in [0.05, 0.1) is 11.1 Å². The van der Waals surface area contributed by atoms with Gasteiger partial charge in [0, 0.05) is 24.5 Å². The minimum atomic E-state index is -4.41. The van der Waals surface area contributed by atoms with Crippen molar-refractivity contribution in [3.8, 4) is 5.88 Å². The summed E-state index contributed by atoms with van der Waals surface area (Å²) in [5.41, 5.74) is -0.242. The molecule has 1 fully saturated rings. The molecular weight excluding hydrogens is 391 g/mol. The fourth-order valence-electron chi connectivity index (χ4n) is 3.10. The molecule has 2 aromatic rings. The Morgan fingerprint density at radius 3 is 2.54 bits per heavy atom. The maximum atomic E-state index is 12.6. The summed E-state index contributed by atoms with van der Waals surface area (Å²) in [6.45, 7) is 0. The Balaban J connectivity index is 1.50. The number of pyridine rings is 2. The third kappa shape index (κ3) is 5.15. The van der Waals surface area contributed by atoms with E-state index >= 15 is 0 Å². The lowest BCUT2D eigenvalue weighted by Crippen LogP contribution is -2.40. The van der Waals surface area contributed by atoms with Crippen LogP contribution in [-0.4, -0.2) is 34.3 Å². The average Bonchev–Trinajstić information content (AvgIpc) is 2.69. The highest BCUT2D eigenvalue weighted by atomic mass is 32.2. The maximum Gasteiger partial charge on any atom is 0.417 e. The highest BCUT2D eigenvalue weighted by Crippen LogP contribution is 2.30. The fraction of sp³-hybridized carbons (Fsp3) is 0.421. The van der Waals surface area contributed by atoms with E-state index in [2.05, 4.69) is 15.3 Å². The van der Waals surface area contributed by atoms with Crippen molar-refractivity contribution in [3.63, 3.8) is 0 Å². The van der Waals surface area contributed by atoms with E-state index in [1.807, 2.05) is 6.26 Å². The Kier molecular flexibility index (Phi) is 6.43. The second-order valence-corrected chi connectivity index (χ2v) is 7.30. The first-order valence-corrected chi connectivity index (χ1v) is 10.1. The molecule has 0 atom stereocenters. The molecular formula is C19H20F3N3O2S. The number of rotatable bonds is 5. The number of hydrogen-bond acceptors (Lipinski definition) is 5. The second-order valence-electron chi connectivity index (χ2n) is 6.51. The molecule has 0 radical (unpaired) electrons. The first kappa shape index (κ1) is 20.4. The topological polar surface area (TPSA) is 64.1 Å². The van der Waals surface area contributed by atoms with Crippen LogP contribution in [-0.2, 0) is 6.18 Å². The van der Waals surface area contributed by atoms with Gasteiger partial charge < -0.3 is 10.1 Å². The van der Waals surface area contributed by atoms with E-state index in [0.29, 0.717) is 23.4 Å². The normalized spacial score (nSPS) is 19.9. The van der Waals surface area contributed by atoms with Crippen LogP contribution in [0.1, 0.15) is 41.6 Å². The van der Waals surface area contributed by atoms with Crippen molar-refractivity contribution in [2.75, 3.05) is 6.26 Å². The summed E-state index contributed by atoms with van der Waals surface area (Å²) in [7, 11) is 0. The summed E-state index contributed by atoms with van der Waals surface area (Å²) in [5, 5.41) is 3.72. The van der Waals surface area contributed by atoms with E-state index < -0.39 is 11.7 Å². The second kappa shape index (κ2) is 8.81. The van der Waals surface area contributed by atoms with Gasteiger partial charge in [-0.1, -0.05) is 0 Å². The molecule has 1 N–H and O–H groups in total. The van der Waals surface area contributed by atoms with Crippen LogP contribution in [0.3, 0.4) is 0 Å². The Labute approximate surface area is 165 Å². The smallest absolute Gasteiger partial charge is 0.417 e. The zero-order valence-corrected chi connectivity index (χ0v) is 16.0. The predicted octanol–water partition coefficient (Wildman–Crippen LogP) is 4.34. The maximum absolute atomic E-state index is 12.6. The summed E-state index contributed by atoms with van der Waals surface area (Å²) in [6, 6.07) is 5.71. The van der Waals surface area contributed by atoms with Gasteiger partial charge in [-0.2, -0.15) is 13.2 Å². The molecule has 28 heavy (non-hydrogen) atoms. The highest BCUT2D eigenvalue weighted by molar-refractivity contribution is 7.98. The van der Waals surface area contributed by atoms with Crippen LogP contribution >= 0.6 is 11.8 Å². The molecule has 0 saturated heterocycles. The summed E-state index contributed by atoms with van der Waals surface area (Å²) >= 11 is 1.42. The zero-order chi connectivity index (χ0) is 20.1. The van der Waals surface area contributed by atoms with Crippen LogP contribution in [0.15, 0.2) is 41.7 Å². The largest absolute Gasteiger partial charge is 0.474 e. The van der Waals surface area contributed by atoms with Crippen molar-refractivity contribution < 1.29 is 22.7 Å². The Hall–Kier alpha value is -2.29. The molecule has 5 nitrogen and oxygen atoms in total. The van der Waals surface area contributed by atoms with Gasteiger partial charge in [-0.25, -0.2) is 9.97 Å². The summed E-state index contributed by atoms with van der Waals surface area (Å²) in [4.78, 5) is 20.4. The van der Waals surface area contributed by atoms with Crippen LogP contribution in [0.2, 0.25) is 0 Å². The molecule has 1 aliphatic rings. The molecule has 1 saturated carbocycles. The van der Waals surface area contributed by atoms with E-state index in [0.717, 1.165) is 25.1 Å². The number of nitrogens with zero attached hydrogens (tertiary/aromatic N) is 2. The van der Waals surface area contributed by atoms with Crippen molar-refractivity contribution in [2.45, 2.75) is 49.0 Å². The number of carbonyl (C=O) groups is 1. The van der Waals surface area contributed by atoms with Crippen molar-refractivity contribution in [3.05, 3.63) is 47.8 Å². The molecule has 0 bridgehead atoms. The third-order valence-corrected chi connectivity index (χ3v) is 5.28. The quantitative estimate of drug-likeness (QED) is 0.742. The van der Waals surface area contributed by atoms with Crippen LogP contribution in [0.5, 0.6) is 5.88 Å². The molecule has 0 aliphatic heterocycles. The number of carbonyl (C=O) groups excluding carboxylic acids is 1. The molecule has 0 unspecified atom stereocenters. The first-order chi connectivity index (χ1) is 13.4. The molecule has 150 valence electrons. The fourth-order valence-corrected chi connectivity index (χ4v) is 3.65. The summed E-state index contributed by atoms with van der Waals surface area (Å²) in [5.74, 6) is 0.0340. The van der Waals surface area contributed by atoms with Crippen LogP contribution in [0, 0.1) is 0 Å². The van der Waals surface area contributed by atoms with Gasteiger partial charge >= 0.3 is 6.18 Å². The number of thioether (sulfide) groups is 1. The Bertz CT molecular complexity index is 807. The SMILES string of the molecule is CSc1ncccc1C(=O)NC1CCC(Oc2ccc(C(F)(F)F)cn2)CC1. The van der Waals surface area contributed by atoms with E-state index in [9.17, 15) is 18.0 Å². The zero-order valence-electron chi connectivity index (χ0n) is 15.2. The number of aromatic nitrogens is 2. The van der Waals surface area contributed by atoms with E-state index in [-0.39, 0.29) is 23.9 Å². The molecule has 0 aromatic carbocycles. The van der Waals surface area contributed by atoms with E-state index in [1.54, 1.807) is 18.3 Å². The van der Waals surface area contributed by atoms with Gasteiger partial charge in [-0.3, -0.25) is 4.79 Å². The standard InChI is InChI=1S/C19H20F3N3O2S/c1-28-18-15(3-2-10-23-18)17(26)25-13-5-7-14(8-6-13)27-16-9-4-12(11-24-16)19(20,21)22/h2-4,9-11,13-14H,5-8H2,1H3,(H,25,26). The van der Waals surface area contributed by atoms with Crippen molar-refractivity contribution in [1.82, 2.24) is 15.3 Å². The molecule has 1 amide bonds. The molecule has 0 spiro atoms. The number of hydrogen-bond donors (Lipinski definition) is 1. The molecule has 3 rings (SSSR count). The van der Waals surface area contributed by atoms with E-state index in [1.165, 1.54) is 17.8 Å². The molecule has 9 heteroatoms. The minimum absolute atomic E-state index is 0.0304. The number of alkyl halides is 3. The van der Waals surface area contributed by atoms with Crippen molar-refractivity contribution in [1.29, 1.82) is 0 Å². The number of nitrogens with one attached hydrogen (secondary N) is 1. The first-order valence-electron chi connectivity index (χ1n) is 8.86. The minimum Gasteiger partial charge on any atom is -0.474 e. The molecule has 2 heterocycles. The van der Waals surface area contributed by atoms with Gasteiger partial charge in [0.1, 0.15) is 11.1 Å². The van der Waals surface area contributed by atoms with Crippen LogP contribution in [0.25, 0.3) is 0 Å². The Morgan fingerprint density at radius 1 is 1.18 bits per heavy atom. The predicted molar refractivity (Wildman–Crippen MR) is 99.4 cm³/mol. The van der Waals surface area contributed by atoms with Crippen LogP contribution in [0.4, 0.5) is 13.2 Å². The Morgan fingerprint density at radius 2 is 1.93 bits per heavy atom. The summed E-state index contributed by atoms with van der Waals surface area (Å²) in [6.07, 6.45) is 2.60. The van der Waals surface area contributed by atoms with Gasteiger partial charge in [0.15, 0.2) is 0 Å². The van der Waals surface area contributed by atoms with Gasteiger partial charge in [0.2, 0.25) is 5.88 Å². The lowest BCUT2D eigenvalue weighted by Gasteiger charge is -2.29. The van der Waals surface area contributed by atoms with Crippen molar-refractivity contribution in [2.24, 2.45) is 0 Å². The average molecular weight is 411 g/mol. The number of ether oxygens (including phenoxy) is 1. The lowest BCUT2D eigenvalue weighted by molar-refractivity contribution is -0.137. The van der Waals surface area contributed by atoms with Gasteiger partial charge in [-0.05, 0) is 50.1 Å². The lowest BCUT2D eigenvalue weighted by atomic mass is 9.92. The molecule has 1 aliphatic carbocycles. The summed E-state index contributed by atoms with van der Waals surface area (Å²) < 4.78 is 43.4. The van der Waals surface area contributed by atoms with Gasteiger partial charge in [0.25, 0.3) is 5.91 Å². The van der Waals surface area contributed by atoms with E-state index in [4.69, 9.17) is 4.74 Å². The highest BCUT2D eigenvalue weighted by Gasteiger charge is 2.31. The number of halogens is 3. The third-order valence-electron chi connectivity index (χ3n) is 4.57. The monoisotopic (exact) mass is 411 g/mol. The van der Waals surface area contributed by atoms with Crippen LogP contribution < -0.4 is 10.1 Å². The van der Waals surface area contributed by atoms with Crippen molar-refractivity contribution >= 4 is 17.7 Å². The number of amides is 1. The molecule has 2 aromatic heterocycles. The van der Waals surface area contributed by atoms with Gasteiger partial charge in [-0.15, -0.1) is 11.8 Å².